The van der Waals surface area contributed by atoms with Crippen LogP contribution < -0.4 is 0 Å². The molecule has 0 amide bonds. The van der Waals surface area contributed by atoms with Crippen LogP contribution in [0.1, 0.15) is 39.2 Å². The van der Waals surface area contributed by atoms with Gasteiger partial charge < -0.3 is 0 Å². The highest BCUT2D eigenvalue weighted by molar-refractivity contribution is 5.74. The molecule has 0 saturated carbocycles. The van der Waals surface area contributed by atoms with Gasteiger partial charge in [-0.05, 0) is 29.5 Å². The summed E-state index contributed by atoms with van der Waals surface area (Å²) in [6.45, 7) is 6.80. The van der Waals surface area contributed by atoms with Crippen LogP contribution in [0.25, 0.3) is 11.0 Å². The summed E-state index contributed by atoms with van der Waals surface area (Å²) in [5.41, 5.74) is 3.53. The Morgan fingerprint density at radius 2 is 1.75 bits per heavy atom. The number of nitrogens with zero attached hydrogens (tertiary/aromatic N) is 2. The van der Waals surface area contributed by atoms with Crippen LogP contribution in [-0.4, -0.2) is 9.97 Å². The van der Waals surface area contributed by atoms with Gasteiger partial charge in [-0.3, -0.25) is 9.97 Å². The molecule has 0 spiro atoms. The smallest absolute Gasteiger partial charge is 0.0889 e. The summed E-state index contributed by atoms with van der Waals surface area (Å²) in [6.07, 6.45) is 5.88. The third-order valence-electron chi connectivity index (χ3n) is 3.13. The molecule has 0 atom stereocenters. The molecule has 16 heavy (non-hydrogen) atoms. The predicted molar refractivity (Wildman–Crippen MR) is 67.5 cm³/mol. The summed E-state index contributed by atoms with van der Waals surface area (Å²) in [6, 6.07) is 6.40. The molecule has 0 saturated heterocycles. The van der Waals surface area contributed by atoms with Gasteiger partial charge in [-0.1, -0.05) is 33.3 Å². The maximum absolute atomic E-state index is 4.35. The molecule has 0 aliphatic heterocycles. The monoisotopic (exact) mass is 214 g/mol. The van der Waals surface area contributed by atoms with Crippen molar-refractivity contribution < 1.29 is 0 Å². The Kier molecular flexibility index (Phi) is 2.90. The van der Waals surface area contributed by atoms with Gasteiger partial charge in [-0.15, -0.1) is 0 Å². The average molecular weight is 214 g/mol. The molecule has 0 unspecified atom stereocenters. The molecule has 0 aliphatic carbocycles. The Balaban J connectivity index is 2.46. The van der Waals surface area contributed by atoms with Crippen molar-refractivity contribution in [1.29, 1.82) is 0 Å². The number of benzene rings is 1. The first kappa shape index (κ1) is 11.1. The van der Waals surface area contributed by atoms with Crippen LogP contribution in [0.4, 0.5) is 0 Å². The van der Waals surface area contributed by atoms with E-state index in [1.165, 1.54) is 18.4 Å². The fourth-order valence-electron chi connectivity index (χ4n) is 2.15. The van der Waals surface area contributed by atoms with Crippen molar-refractivity contribution >= 4 is 11.0 Å². The molecular formula is C14H18N2. The topological polar surface area (TPSA) is 25.8 Å². The van der Waals surface area contributed by atoms with E-state index in [1.807, 2.05) is 0 Å². The third-order valence-corrected chi connectivity index (χ3v) is 3.13. The number of rotatable bonds is 3. The van der Waals surface area contributed by atoms with E-state index in [9.17, 15) is 0 Å². The van der Waals surface area contributed by atoms with Crippen molar-refractivity contribution in [2.75, 3.05) is 0 Å². The first-order chi connectivity index (χ1) is 7.63. The summed E-state index contributed by atoms with van der Waals surface area (Å²) < 4.78 is 0. The van der Waals surface area contributed by atoms with Crippen LogP contribution in [0.5, 0.6) is 0 Å². The molecule has 2 heteroatoms. The molecule has 0 bridgehead atoms. The number of hydrogen-bond acceptors (Lipinski definition) is 2. The van der Waals surface area contributed by atoms with Gasteiger partial charge in [0.2, 0.25) is 0 Å². The van der Waals surface area contributed by atoms with Crippen LogP contribution in [0.3, 0.4) is 0 Å². The van der Waals surface area contributed by atoms with Gasteiger partial charge in [-0.25, -0.2) is 0 Å². The van der Waals surface area contributed by atoms with E-state index in [0.29, 0.717) is 0 Å². The lowest BCUT2D eigenvalue weighted by molar-refractivity contribution is 0.473. The summed E-state index contributed by atoms with van der Waals surface area (Å²) in [4.78, 5) is 8.64. The fraction of sp³-hybridized carbons (Fsp3) is 0.429. The van der Waals surface area contributed by atoms with E-state index >= 15 is 0 Å². The first-order valence-electron chi connectivity index (χ1n) is 5.85. The highest BCUT2D eigenvalue weighted by Gasteiger charge is 2.19. The lowest BCUT2D eigenvalue weighted by Crippen LogP contribution is -2.16. The SMILES string of the molecule is CCCC(C)(C)c1ccc2nccnc2c1. The van der Waals surface area contributed by atoms with Crippen molar-refractivity contribution in [2.24, 2.45) is 0 Å². The number of hydrogen-bond donors (Lipinski definition) is 0. The largest absolute Gasteiger partial charge is 0.253 e. The van der Waals surface area contributed by atoms with Gasteiger partial charge in [-0.2, -0.15) is 0 Å². The molecule has 2 aromatic rings. The van der Waals surface area contributed by atoms with Gasteiger partial charge in [0.05, 0.1) is 11.0 Å². The average Bonchev–Trinajstić information content (AvgIpc) is 2.28. The van der Waals surface area contributed by atoms with Gasteiger partial charge in [0.25, 0.3) is 0 Å². The Morgan fingerprint density at radius 1 is 1.06 bits per heavy atom. The van der Waals surface area contributed by atoms with E-state index < -0.39 is 0 Å². The molecule has 1 aromatic carbocycles. The van der Waals surface area contributed by atoms with E-state index in [1.54, 1.807) is 12.4 Å². The van der Waals surface area contributed by atoms with Gasteiger partial charge >= 0.3 is 0 Å². The highest BCUT2D eigenvalue weighted by Crippen LogP contribution is 2.29. The molecule has 2 rings (SSSR count). The number of fused-ring (bicyclic) bond motifs is 1. The molecule has 1 aromatic heterocycles. The van der Waals surface area contributed by atoms with Gasteiger partial charge in [0.1, 0.15) is 0 Å². The van der Waals surface area contributed by atoms with Crippen LogP contribution in [0.2, 0.25) is 0 Å². The lowest BCUT2D eigenvalue weighted by Gasteiger charge is -2.24. The molecular weight excluding hydrogens is 196 g/mol. The van der Waals surface area contributed by atoms with E-state index in [0.717, 1.165) is 11.0 Å². The Labute approximate surface area is 96.7 Å². The second-order valence-electron chi connectivity index (χ2n) is 4.89. The van der Waals surface area contributed by atoms with Crippen LogP contribution in [0.15, 0.2) is 30.6 Å². The van der Waals surface area contributed by atoms with Gasteiger partial charge in [0.15, 0.2) is 0 Å². The Hall–Kier alpha value is -1.44. The van der Waals surface area contributed by atoms with E-state index in [2.05, 4.69) is 48.9 Å². The zero-order valence-electron chi connectivity index (χ0n) is 10.2. The predicted octanol–water partition coefficient (Wildman–Crippen LogP) is 3.71. The van der Waals surface area contributed by atoms with E-state index in [4.69, 9.17) is 0 Å². The highest BCUT2D eigenvalue weighted by atomic mass is 14.8. The molecule has 2 nitrogen and oxygen atoms in total. The lowest BCUT2D eigenvalue weighted by atomic mass is 9.80. The normalized spacial score (nSPS) is 11.9. The standard InChI is InChI=1S/C14H18N2/c1-4-7-14(2,3)11-5-6-12-13(10-11)16-9-8-15-12/h5-6,8-10H,4,7H2,1-3H3. The summed E-state index contributed by atoms with van der Waals surface area (Å²) in [5.74, 6) is 0. The van der Waals surface area contributed by atoms with Crippen LogP contribution >= 0.6 is 0 Å². The molecule has 0 N–H and O–H groups in total. The minimum atomic E-state index is 0.223. The zero-order valence-corrected chi connectivity index (χ0v) is 10.2. The van der Waals surface area contributed by atoms with Crippen molar-refractivity contribution in [1.82, 2.24) is 9.97 Å². The second kappa shape index (κ2) is 4.20. The van der Waals surface area contributed by atoms with Crippen LogP contribution in [0, 0.1) is 0 Å². The zero-order chi connectivity index (χ0) is 11.6. The Bertz CT molecular complexity index is 489. The van der Waals surface area contributed by atoms with Crippen molar-refractivity contribution in [3.05, 3.63) is 36.2 Å². The molecule has 0 radical (unpaired) electrons. The molecule has 0 fully saturated rings. The van der Waals surface area contributed by atoms with Crippen LogP contribution in [-0.2, 0) is 5.41 Å². The molecule has 1 heterocycles. The fourth-order valence-corrected chi connectivity index (χ4v) is 2.15. The molecule has 84 valence electrons. The van der Waals surface area contributed by atoms with Crippen molar-refractivity contribution in [3.63, 3.8) is 0 Å². The number of aromatic nitrogens is 2. The Morgan fingerprint density at radius 3 is 2.44 bits per heavy atom. The quantitative estimate of drug-likeness (QED) is 0.778. The summed E-state index contributed by atoms with van der Waals surface area (Å²) >= 11 is 0. The third kappa shape index (κ3) is 2.06. The summed E-state index contributed by atoms with van der Waals surface area (Å²) in [7, 11) is 0. The van der Waals surface area contributed by atoms with E-state index in [-0.39, 0.29) is 5.41 Å². The van der Waals surface area contributed by atoms with Gasteiger partial charge in [0, 0.05) is 12.4 Å². The first-order valence-corrected chi connectivity index (χ1v) is 5.85. The van der Waals surface area contributed by atoms with Crippen molar-refractivity contribution in [2.45, 2.75) is 39.0 Å². The maximum Gasteiger partial charge on any atom is 0.0889 e. The summed E-state index contributed by atoms with van der Waals surface area (Å²) in [5, 5.41) is 0. The minimum absolute atomic E-state index is 0.223. The maximum atomic E-state index is 4.35. The molecule has 0 aliphatic rings. The minimum Gasteiger partial charge on any atom is -0.253 e. The van der Waals surface area contributed by atoms with Crippen molar-refractivity contribution in [3.8, 4) is 0 Å². The second-order valence-corrected chi connectivity index (χ2v) is 4.89.